The van der Waals surface area contributed by atoms with E-state index in [4.69, 9.17) is 14.3 Å². The molecule has 1 N–H and O–H groups in total. The second kappa shape index (κ2) is 8.75. The summed E-state index contributed by atoms with van der Waals surface area (Å²) < 4.78 is 10.6. The molecule has 1 unspecified atom stereocenters. The summed E-state index contributed by atoms with van der Waals surface area (Å²) in [5.41, 5.74) is 3.20. The number of amides is 1. The Morgan fingerprint density at radius 3 is 2.61 bits per heavy atom. The fraction of sp³-hybridized carbons (Fsp3) is 0.524. The Hall–Kier alpha value is -2.38. The molecule has 2 aliphatic heterocycles. The molecule has 1 fully saturated rings. The van der Waals surface area contributed by atoms with E-state index in [-0.39, 0.29) is 24.5 Å². The first-order chi connectivity index (χ1) is 13.4. The van der Waals surface area contributed by atoms with E-state index < -0.39 is 6.16 Å². The lowest BCUT2D eigenvalue weighted by atomic mass is 9.88. The van der Waals surface area contributed by atoms with Gasteiger partial charge in [-0.3, -0.25) is 4.79 Å². The number of hydrogen-bond donors (Lipinski definition) is 1. The molecule has 7 nitrogen and oxygen atoms in total. The Bertz CT molecular complexity index is 781. The fourth-order valence-corrected chi connectivity index (χ4v) is 3.88. The van der Waals surface area contributed by atoms with Crippen LogP contribution in [0.4, 0.5) is 4.79 Å². The zero-order chi connectivity index (χ0) is 20.3. The minimum Gasteiger partial charge on any atom is -0.434 e. The topological polar surface area (TPSA) is 77.1 Å². The summed E-state index contributed by atoms with van der Waals surface area (Å²) in [7, 11) is 1.66. The van der Waals surface area contributed by atoms with Gasteiger partial charge in [-0.25, -0.2) is 4.79 Å². The Balaban J connectivity index is 1.98. The third-order valence-electron chi connectivity index (χ3n) is 5.39. The Morgan fingerprint density at radius 1 is 1.25 bits per heavy atom. The first kappa shape index (κ1) is 20.4. The van der Waals surface area contributed by atoms with E-state index in [9.17, 15) is 9.59 Å². The van der Waals surface area contributed by atoms with Gasteiger partial charge in [0.05, 0.1) is 25.3 Å². The Kier molecular flexibility index (Phi) is 6.36. The lowest BCUT2D eigenvalue weighted by Crippen LogP contribution is -2.43. The number of aryl methyl sites for hydroxylation is 2. The second-order valence-corrected chi connectivity index (χ2v) is 7.24. The summed E-state index contributed by atoms with van der Waals surface area (Å²) in [5, 5.41) is 4.94. The first-order valence-corrected chi connectivity index (χ1v) is 9.70. The van der Waals surface area contributed by atoms with E-state index in [1.807, 2.05) is 37.1 Å². The van der Waals surface area contributed by atoms with Gasteiger partial charge in [0.1, 0.15) is 5.76 Å². The van der Waals surface area contributed by atoms with Crippen molar-refractivity contribution in [3.8, 4) is 0 Å². The maximum Gasteiger partial charge on any atom is 0.513 e. The number of piperidine rings is 1. The molecule has 1 saturated heterocycles. The van der Waals surface area contributed by atoms with Crippen LogP contribution in [-0.4, -0.2) is 50.0 Å². The molecule has 0 radical (unpaired) electrons. The quantitative estimate of drug-likeness (QED) is 0.782. The average molecular weight is 388 g/mol. The minimum atomic E-state index is -0.781. The van der Waals surface area contributed by atoms with Crippen LogP contribution < -0.4 is 5.32 Å². The number of hydrogen-bond acceptors (Lipinski definition) is 6. The number of ether oxygens (including phenoxy) is 2. The zero-order valence-electron chi connectivity index (χ0n) is 16.9. The van der Waals surface area contributed by atoms with Crippen LogP contribution in [0, 0.1) is 19.8 Å². The predicted octanol–water partition coefficient (Wildman–Crippen LogP) is 2.96. The van der Waals surface area contributed by atoms with Crippen LogP contribution in [-0.2, 0) is 19.1 Å². The number of nitrogens with zero attached hydrogens (tertiary/aromatic N) is 1. The second-order valence-electron chi connectivity index (χ2n) is 7.24. The molecule has 152 valence electrons. The summed E-state index contributed by atoms with van der Waals surface area (Å²) in [6.45, 7) is 7.38. The molecule has 0 bridgehead atoms. The van der Waals surface area contributed by atoms with Crippen molar-refractivity contribution in [1.82, 2.24) is 10.4 Å². The minimum absolute atomic E-state index is 0.155. The standard InChI is InChI=1S/C21H28N2O5/c1-5-27-21(25)28-19-17(16-12-13(2)6-7-14(16)3)20(24)22-18(19)15-8-10-23(26-4)11-9-15/h6-7,12,15,18H,5,8-11H2,1-4H3,(H,22,24). The van der Waals surface area contributed by atoms with Gasteiger partial charge in [0.15, 0.2) is 0 Å². The highest BCUT2D eigenvalue weighted by Gasteiger charge is 2.41. The molecule has 0 spiro atoms. The number of benzene rings is 1. The smallest absolute Gasteiger partial charge is 0.434 e. The number of carbonyl (C=O) groups is 2. The van der Waals surface area contributed by atoms with Crippen LogP contribution in [0.1, 0.15) is 36.5 Å². The lowest BCUT2D eigenvalue weighted by Gasteiger charge is -2.33. The Labute approximate surface area is 165 Å². The zero-order valence-corrected chi connectivity index (χ0v) is 16.9. The third kappa shape index (κ3) is 4.20. The number of nitrogens with one attached hydrogen (secondary N) is 1. The average Bonchev–Trinajstić information content (AvgIpc) is 2.99. The monoisotopic (exact) mass is 388 g/mol. The van der Waals surface area contributed by atoms with Gasteiger partial charge < -0.3 is 19.6 Å². The van der Waals surface area contributed by atoms with Crippen molar-refractivity contribution in [2.75, 3.05) is 26.8 Å². The molecule has 0 saturated carbocycles. The van der Waals surface area contributed by atoms with Crippen LogP contribution >= 0.6 is 0 Å². The molecule has 2 aliphatic rings. The van der Waals surface area contributed by atoms with E-state index in [2.05, 4.69) is 5.32 Å². The molecule has 7 heteroatoms. The van der Waals surface area contributed by atoms with E-state index >= 15 is 0 Å². The first-order valence-electron chi connectivity index (χ1n) is 9.70. The molecule has 1 aromatic carbocycles. The summed E-state index contributed by atoms with van der Waals surface area (Å²) in [6, 6.07) is 5.56. The van der Waals surface area contributed by atoms with Crippen molar-refractivity contribution in [3.05, 3.63) is 40.6 Å². The van der Waals surface area contributed by atoms with Crippen LogP contribution in [0.25, 0.3) is 5.57 Å². The van der Waals surface area contributed by atoms with Crippen molar-refractivity contribution in [2.45, 2.75) is 39.7 Å². The molecule has 3 rings (SSSR count). The summed E-state index contributed by atoms with van der Waals surface area (Å²) in [4.78, 5) is 30.3. The molecule has 0 aromatic heterocycles. The van der Waals surface area contributed by atoms with Crippen LogP contribution in [0.3, 0.4) is 0 Å². The summed E-state index contributed by atoms with van der Waals surface area (Å²) >= 11 is 0. The van der Waals surface area contributed by atoms with Gasteiger partial charge in [-0.05, 0) is 50.7 Å². The summed E-state index contributed by atoms with van der Waals surface area (Å²) in [6.07, 6.45) is 0.874. The van der Waals surface area contributed by atoms with Gasteiger partial charge in [0.2, 0.25) is 0 Å². The maximum atomic E-state index is 12.9. The number of hydroxylamine groups is 2. The molecule has 0 aliphatic carbocycles. The highest BCUT2D eigenvalue weighted by atomic mass is 16.7. The molecule has 1 atom stereocenters. The van der Waals surface area contributed by atoms with Gasteiger partial charge in [-0.15, -0.1) is 0 Å². The van der Waals surface area contributed by atoms with Crippen molar-refractivity contribution in [2.24, 2.45) is 5.92 Å². The van der Waals surface area contributed by atoms with Crippen LogP contribution in [0.5, 0.6) is 0 Å². The van der Waals surface area contributed by atoms with Crippen LogP contribution in [0.15, 0.2) is 24.0 Å². The van der Waals surface area contributed by atoms with Gasteiger partial charge in [-0.1, -0.05) is 23.8 Å². The molecular formula is C21H28N2O5. The molecular weight excluding hydrogens is 360 g/mol. The van der Waals surface area contributed by atoms with Crippen molar-refractivity contribution < 1.29 is 23.9 Å². The SMILES string of the molecule is CCOC(=O)OC1=C(c2cc(C)ccc2C)C(=O)NC1C1CCN(OC)CC1. The third-order valence-corrected chi connectivity index (χ3v) is 5.39. The van der Waals surface area contributed by atoms with Crippen molar-refractivity contribution in [1.29, 1.82) is 0 Å². The highest BCUT2D eigenvalue weighted by Crippen LogP contribution is 2.36. The molecule has 1 amide bonds. The van der Waals surface area contributed by atoms with E-state index in [1.165, 1.54) is 0 Å². The maximum absolute atomic E-state index is 12.9. The van der Waals surface area contributed by atoms with Crippen molar-refractivity contribution >= 4 is 17.6 Å². The van der Waals surface area contributed by atoms with Gasteiger partial charge >= 0.3 is 6.16 Å². The van der Waals surface area contributed by atoms with Gasteiger partial charge in [0.25, 0.3) is 5.91 Å². The molecule has 28 heavy (non-hydrogen) atoms. The van der Waals surface area contributed by atoms with Gasteiger partial charge in [0, 0.05) is 13.1 Å². The summed E-state index contributed by atoms with van der Waals surface area (Å²) in [5.74, 6) is 0.308. The highest BCUT2D eigenvalue weighted by molar-refractivity contribution is 6.23. The Morgan fingerprint density at radius 2 is 1.96 bits per heavy atom. The molecule has 2 heterocycles. The number of carbonyl (C=O) groups excluding carboxylic acids is 2. The largest absolute Gasteiger partial charge is 0.513 e. The number of rotatable bonds is 5. The van der Waals surface area contributed by atoms with Gasteiger partial charge in [-0.2, -0.15) is 5.06 Å². The van der Waals surface area contributed by atoms with E-state index in [1.54, 1.807) is 14.0 Å². The fourth-order valence-electron chi connectivity index (χ4n) is 3.88. The predicted molar refractivity (Wildman–Crippen MR) is 104 cm³/mol. The lowest BCUT2D eigenvalue weighted by molar-refractivity contribution is -0.149. The van der Waals surface area contributed by atoms with Crippen molar-refractivity contribution in [3.63, 3.8) is 0 Å². The molecule has 1 aromatic rings. The van der Waals surface area contributed by atoms with E-state index in [0.29, 0.717) is 11.3 Å². The van der Waals surface area contributed by atoms with Crippen LogP contribution in [0.2, 0.25) is 0 Å². The van der Waals surface area contributed by atoms with E-state index in [0.717, 1.165) is 42.6 Å². The normalized spacial score (nSPS) is 21.0.